The van der Waals surface area contributed by atoms with Gasteiger partial charge in [0.15, 0.2) is 15.0 Å². The number of hydrogen-bond donors (Lipinski definition) is 0. The largest absolute Gasteiger partial charge is 0.467 e. The third kappa shape index (κ3) is 4.79. The van der Waals surface area contributed by atoms with Crippen molar-refractivity contribution >= 4 is 54.0 Å². The van der Waals surface area contributed by atoms with E-state index in [0.29, 0.717) is 21.4 Å². The van der Waals surface area contributed by atoms with Crippen LogP contribution in [-0.4, -0.2) is 25.1 Å². The van der Waals surface area contributed by atoms with E-state index in [0.717, 1.165) is 16.8 Å². The molecule has 31 heavy (non-hydrogen) atoms. The molecule has 0 saturated carbocycles. The van der Waals surface area contributed by atoms with E-state index in [-0.39, 0.29) is 17.9 Å². The van der Waals surface area contributed by atoms with Crippen molar-refractivity contribution in [2.45, 2.75) is 17.9 Å². The summed E-state index contributed by atoms with van der Waals surface area (Å²) in [5, 5.41) is 0.855. The molecule has 2 heterocycles. The lowest BCUT2D eigenvalue weighted by Gasteiger charge is -2.18. The SMILES string of the molecule is O=C(CCS(=O)(=O)c1ccc(F)cc1)N(Cc1ccco1)c1nc2c(Cl)cccc2s1. The number of carbonyl (C=O) groups excluding carboxylic acids is 1. The van der Waals surface area contributed by atoms with E-state index in [4.69, 9.17) is 16.0 Å². The number of aromatic nitrogens is 1. The Kier molecular flexibility index (Phi) is 6.08. The van der Waals surface area contributed by atoms with Crippen LogP contribution in [0.2, 0.25) is 5.02 Å². The summed E-state index contributed by atoms with van der Waals surface area (Å²) < 4.78 is 44.4. The van der Waals surface area contributed by atoms with Crippen LogP contribution >= 0.6 is 22.9 Å². The third-order valence-corrected chi connectivity index (χ3v) is 7.62. The van der Waals surface area contributed by atoms with E-state index in [9.17, 15) is 17.6 Å². The predicted octanol–water partition coefficient (Wildman–Crippen LogP) is 5.08. The molecule has 0 aliphatic heterocycles. The molecule has 0 bridgehead atoms. The number of anilines is 1. The van der Waals surface area contributed by atoms with E-state index in [1.165, 1.54) is 34.6 Å². The molecule has 0 fully saturated rings. The number of rotatable bonds is 7. The van der Waals surface area contributed by atoms with Crippen molar-refractivity contribution in [2.24, 2.45) is 0 Å². The topological polar surface area (TPSA) is 80.5 Å². The van der Waals surface area contributed by atoms with Gasteiger partial charge in [-0.1, -0.05) is 29.0 Å². The maximum absolute atomic E-state index is 13.1. The van der Waals surface area contributed by atoms with Crippen molar-refractivity contribution in [3.05, 3.63) is 77.5 Å². The molecular weight excluding hydrogens is 463 g/mol. The minimum absolute atomic E-state index is 0.0361. The number of benzene rings is 2. The molecular formula is C21H16ClFN2O4S2. The van der Waals surface area contributed by atoms with Crippen LogP contribution in [0.15, 0.2) is 70.2 Å². The number of halogens is 2. The Labute approximate surface area is 186 Å². The van der Waals surface area contributed by atoms with E-state index in [2.05, 4.69) is 4.98 Å². The molecule has 0 radical (unpaired) electrons. The first kappa shape index (κ1) is 21.5. The first-order valence-electron chi connectivity index (χ1n) is 9.19. The van der Waals surface area contributed by atoms with Crippen LogP contribution in [0.3, 0.4) is 0 Å². The Bertz CT molecular complexity index is 1320. The first-order chi connectivity index (χ1) is 14.8. The fourth-order valence-corrected chi connectivity index (χ4v) is 5.47. The lowest BCUT2D eigenvalue weighted by atomic mass is 10.3. The van der Waals surface area contributed by atoms with Gasteiger partial charge in [-0.25, -0.2) is 17.8 Å². The average molecular weight is 479 g/mol. The number of para-hydroxylation sites is 1. The molecule has 0 spiro atoms. The normalized spacial score (nSPS) is 11.7. The standard InChI is InChI=1S/C21H16ClFN2O4S2/c22-17-4-1-5-18-20(17)24-21(30-18)25(13-15-3-2-11-29-15)19(26)10-12-31(27,28)16-8-6-14(23)7-9-16/h1-9,11H,10,12-13H2. The quantitative estimate of drug-likeness (QED) is 0.346. The zero-order valence-corrected chi connectivity index (χ0v) is 18.4. The van der Waals surface area contributed by atoms with Gasteiger partial charge in [0.05, 0.1) is 33.2 Å². The van der Waals surface area contributed by atoms with Gasteiger partial charge < -0.3 is 4.42 Å². The fourth-order valence-electron chi connectivity index (χ4n) is 2.96. The Morgan fingerprint density at radius 3 is 2.58 bits per heavy atom. The van der Waals surface area contributed by atoms with Gasteiger partial charge in [-0.05, 0) is 48.5 Å². The lowest BCUT2D eigenvalue weighted by Crippen LogP contribution is -2.31. The minimum atomic E-state index is -3.76. The van der Waals surface area contributed by atoms with Crippen molar-refractivity contribution < 1.29 is 22.0 Å². The van der Waals surface area contributed by atoms with Crippen LogP contribution in [0.1, 0.15) is 12.2 Å². The van der Waals surface area contributed by atoms with Gasteiger partial charge in [0.25, 0.3) is 0 Å². The molecule has 160 valence electrons. The number of fused-ring (bicyclic) bond motifs is 1. The summed E-state index contributed by atoms with van der Waals surface area (Å²) in [6, 6.07) is 13.3. The number of thiazole rings is 1. The maximum Gasteiger partial charge on any atom is 0.230 e. The molecule has 4 rings (SSSR count). The highest BCUT2D eigenvalue weighted by Crippen LogP contribution is 2.34. The smallest absolute Gasteiger partial charge is 0.230 e. The molecule has 0 N–H and O–H groups in total. The zero-order valence-electron chi connectivity index (χ0n) is 16.0. The molecule has 4 aromatic rings. The molecule has 2 aromatic carbocycles. The predicted molar refractivity (Wildman–Crippen MR) is 118 cm³/mol. The summed E-state index contributed by atoms with van der Waals surface area (Å²) in [5.41, 5.74) is 0.570. The molecule has 10 heteroatoms. The zero-order chi connectivity index (χ0) is 22.0. The minimum Gasteiger partial charge on any atom is -0.467 e. The maximum atomic E-state index is 13.1. The molecule has 2 aromatic heterocycles. The van der Waals surface area contributed by atoms with Crippen molar-refractivity contribution in [1.29, 1.82) is 0 Å². The fraction of sp³-hybridized carbons (Fsp3) is 0.143. The molecule has 6 nitrogen and oxygen atoms in total. The second-order valence-electron chi connectivity index (χ2n) is 6.67. The highest BCUT2D eigenvalue weighted by molar-refractivity contribution is 7.91. The third-order valence-electron chi connectivity index (χ3n) is 4.54. The van der Waals surface area contributed by atoms with Gasteiger partial charge >= 0.3 is 0 Å². The molecule has 0 unspecified atom stereocenters. The van der Waals surface area contributed by atoms with Gasteiger partial charge in [-0.15, -0.1) is 0 Å². The highest BCUT2D eigenvalue weighted by Gasteiger charge is 2.24. The summed E-state index contributed by atoms with van der Waals surface area (Å²) in [5.74, 6) is -0.857. The van der Waals surface area contributed by atoms with Gasteiger partial charge in [0, 0.05) is 6.42 Å². The van der Waals surface area contributed by atoms with E-state index < -0.39 is 27.3 Å². The highest BCUT2D eigenvalue weighted by atomic mass is 35.5. The van der Waals surface area contributed by atoms with Crippen LogP contribution in [-0.2, 0) is 21.2 Å². The summed E-state index contributed by atoms with van der Waals surface area (Å²) >= 11 is 7.49. The van der Waals surface area contributed by atoms with Gasteiger partial charge in [-0.2, -0.15) is 0 Å². The van der Waals surface area contributed by atoms with E-state index >= 15 is 0 Å². The number of amides is 1. The van der Waals surface area contributed by atoms with Crippen LogP contribution < -0.4 is 4.90 Å². The Hall–Kier alpha value is -2.75. The van der Waals surface area contributed by atoms with Crippen LogP contribution in [0.5, 0.6) is 0 Å². The number of sulfone groups is 1. The Balaban J connectivity index is 1.59. The van der Waals surface area contributed by atoms with Crippen molar-refractivity contribution in [3.63, 3.8) is 0 Å². The molecule has 1 amide bonds. The van der Waals surface area contributed by atoms with Crippen LogP contribution in [0.4, 0.5) is 9.52 Å². The number of carbonyl (C=O) groups is 1. The number of furan rings is 1. The summed E-state index contributed by atoms with van der Waals surface area (Å²) in [4.78, 5) is 18.9. The van der Waals surface area contributed by atoms with E-state index in [1.807, 2.05) is 6.07 Å². The number of hydrogen-bond acceptors (Lipinski definition) is 6. The van der Waals surface area contributed by atoms with Crippen molar-refractivity contribution in [3.8, 4) is 0 Å². The Morgan fingerprint density at radius 1 is 1.13 bits per heavy atom. The van der Waals surface area contributed by atoms with E-state index in [1.54, 1.807) is 24.3 Å². The van der Waals surface area contributed by atoms with Crippen LogP contribution in [0, 0.1) is 5.82 Å². The monoisotopic (exact) mass is 478 g/mol. The number of nitrogens with zero attached hydrogens (tertiary/aromatic N) is 2. The first-order valence-corrected chi connectivity index (χ1v) is 12.0. The Morgan fingerprint density at radius 2 is 1.90 bits per heavy atom. The second kappa shape index (κ2) is 8.78. The lowest BCUT2D eigenvalue weighted by molar-refractivity contribution is -0.118. The van der Waals surface area contributed by atoms with Crippen molar-refractivity contribution in [1.82, 2.24) is 4.98 Å². The molecule has 0 aliphatic rings. The molecule has 0 saturated heterocycles. The summed E-state index contributed by atoms with van der Waals surface area (Å²) in [6.45, 7) is 0.0971. The molecule has 0 atom stereocenters. The van der Waals surface area contributed by atoms with Gasteiger partial charge in [0.2, 0.25) is 5.91 Å². The van der Waals surface area contributed by atoms with Crippen LogP contribution in [0.25, 0.3) is 10.2 Å². The van der Waals surface area contributed by atoms with Gasteiger partial charge in [-0.3, -0.25) is 9.69 Å². The van der Waals surface area contributed by atoms with Gasteiger partial charge in [0.1, 0.15) is 17.1 Å². The molecule has 0 aliphatic carbocycles. The van der Waals surface area contributed by atoms with Crippen molar-refractivity contribution in [2.75, 3.05) is 10.7 Å². The summed E-state index contributed by atoms with van der Waals surface area (Å²) in [6.07, 6.45) is 1.22. The average Bonchev–Trinajstić information content (AvgIpc) is 3.41. The summed E-state index contributed by atoms with van der Waals surface area (Å²) in [7, 11) is -3.76. The second-order valence-corrected chi connectivity index (χ2v) is 10.2.